The molecule has 1 aromatic carbocycles. The standard InChI is InChI=1S/C15H13ClN4S2/c1-10-12(16)5-2-6-13(10)18-14-19-20-15(22-14)21-9-11-4-3-7-17-8-11/h2-8H,9H2,1H3,(H,18,19). The number of nitrogens with one attached hydrogen (secondary N) is 1. The second kappa shape index (κ2) is 7.09. The molecule has 0 saturated carbocycles. The lowest BCUT2D eigenvalue weighted by molar-refractivity contribution is 1.01. The zero-order chi connectivity index (χ0) is 15.4. The number of thioether (sulfide) groups is 1. The first-order valence-corrected chi connectivity index (χ1v) is 8.78. The number of aromatic nitrogens is 3. The first-order valence-electron chi connectivity index (χ1n) is 6.60. The number of halogens is 1. The van der Waals surface area contributed by atoms with E-state index in [4.69, 9.17) is 11.6 Å². The Morgan fingerprint density at radius 3 is 2.95 bits per heavy atom. The van der Waals surface area contributed by atoms with Crippen LogP contribution in [-0.4, -0.2) is 15.2 Å². The lowest BCUT2D eigenvalue weighted by Gasteiger charge is -2.06. The fourth-order valence-electron chi connectivity index (χ4n) is 1.81. The molecule has 7 heteroatoms. The summed E-state index contributed by atoms with van der Waals surface area (Å²) in [5.41, 5.74) is 3.12. The van der Waals surface area contributed by atoms with Gasteiger partial charge < -0.3 is 5.32 Å². The smallest absolute Gasteiger partial charge is 0.210 e. The van der Waals surface area contributed by atoms with Crippen LogP contribution in [0.3, 0.4) is 0 Å². The van der Waals surface area contributed by atoms with Crippen LogP contribution in [0, 0.1) is 6.92 Å². The zero-order valence-corrected chi connectivity index (χ0v) is 14.2. The van der Waals surface area contributed by atoms with Gasteiger partial charge in [-0.15, -0.1) is 10.2 Å². The number of hydrogen-bond acceptors (Lipinski definition) is 6. The Morgan fingerprint density at radius 1 is 1.23 bits per heavy atom. The molecule has 0 spiro atoms. The minimum Gasteiger partial charge on any atom is -0.330 e. The van der Waals surface area contributed by atoms with Gasteiger partial charge in [0.2, 0.25) is 5.13 Å². The summed E-state index contributed by atoms with van der Waals surface area (Å²) in [5.74, 6) is 0.832. The van der Waals surface area contributed by atoms with Crippen molar-refractivity contribution in [2.45, 2.75) is 17.0 Å². The highest BCUT2D eigenvalue weighted by molar-refractivity contribution is 8.00. The molecule has 22 heavy (non-hydrogen) atoms. The molecule has 0 amide bonds. The molecule has 112 valence electrons. The molecule has 0 saturated heterocycles. The highest BCUT2D eigenvalue weighted by Crippen LogP contribution is 2.31. The van der Waals surface area contributed by atoms with E-state index in [1.807, 2.05) is 37.4 Å². The van der Waals surface area contributed by atoms with Gasteiger partial charge in [0, 0.05) is 28.9 Å². The van der Waals surface area contributed by atoms with Gasteiger partial charge >= 0.3 is 0 Å². The van der Waals surface area contributed by atoms with Gasteiger partial charge in [0.15, 0.2) is 4.34 Å². The zero-order valence-electron chi connectivity index (χ0n) is 11.8. The van der Waals surface area contributed by atoms with Crippen molar-refractivity contribution < 1.29 is 0 Å². The third-order valence-corrected chi connectivity index (χ3v) is 5.45. The first kappa shape index (κ1) is 15.3. The topological polar surface area (TPSA) is 50.7 Å². The molecular formula is C15H13ClN4S2. The van der Waals surface area contributed by atoms with E-state index in [1.165, 1.54) is 16.9 Å². The molecule has 0 aliphatic heterocycles. The lowest BCUT2D eigenvalue weighted by Crippen LogP contribution is -1.92. The summed E-state index contributed by atoms with van der Waals surface area (Å²) < 4.78 is 0.922. The third-order valence-electron chi connectivity index (χ3n) is 3.00. The normalized spacial score (nSPS) is 10.6. The predicted molar refractivity (Wildman–Crippen MR) is 93.2 cm³/mol. The van der Waals surface area contributed by atoms with Crippen molar-refractivity contribution in [3.63, 3.8) is 0 Å². The average molecular weight is 349 g/mol. The molecule has 4 nitrogen and oxygen atoms in total. The van der Waals surface area contributed by atoms with Crippen LogP contribution in [0.15, 0.2) is 47.1 Å². The van der Waals surface area contributed by atoms with E-state index in [0.717, 1.165) is 31.5 Å². The van der Waals surface area contributed by atoms with Crippen LogP contribution in [0.1, 0.15) is 11.1 Å². The maximum Gasteiger partial charge on any atom is 0.210 e. The van der Waals surface area contributed by atoms with Crippen LogP contribution in [0.5, 0.6) is 0 Å². The molecule has 0 unspecified atom stereocenters. The molecule has 0 radical (unpaired) electrons. The van der Waals surface area contributed by atoms with Crippen LogP contribution in [0.2, 0.25) is 5.02 Å². The second-order valence-electron chi connectivity index (χ2n) is 4.56. The van der Waals surface area contributed by atoms with Crippen molar-refractivity contribution in [2.75, 3.05) is 5.32 Å². The maximum absolute atomic E-state index is 6.12. The molecule has 2 aromatic heterocycles. The van der Waals surface area contributed by atoms with Gasteiger partial charge in [-0.2, -0.15) is 0 Å². The first-order chi connectivity index (χ1) is 10.7. The average Bonchev–Trinajstić information content (AvgIpc) is 2.98. The van der Waals surface area contributed by atoms with Crippen molar-refractivity contribution in [2.24, 2.45) is 0 Å². The van der Waals surface area contributed by atoms with E-state index in [-0.39, 0.29) is 0 Å². The molecule has 0 aliphatic rings. The lowest BCUT2D eigenvalue weighted by atomic mass is 10.2. The van der Waals surface area contributed by atoms with Crippen molar-refractivity contribution >= 4 is 45.5 Å². The van der Waals surface area contributed by atoms with Crippen LogP contribution in [-0.2, 0) is 5.75 Å². The third kappa shape index (κ3) is 3.76. The number of anilines is 2. The number of hydrogen-bond donors (Lipinski definition) is 1. The van der Waals surface area contributed by atoms with Crippen molar-refractivity contribution in [3.8, 4) is 0 Å². The Hall–Kier alpha value is -1.63. The second-order valence-corrected chi connectivity index (χ2v) is 7.17. The van der Waals surface area contributed by atoms with E-state index in [1.54, 1.807) is 18.0 Å². The number of pyridine rings is 1. The predicted octanol–water partition coefficient (Wildman–Crippen LogP) is 4.93. The Labute approximate surface area is 142 Å². The summed E-state index contributed by atoms with van der Waals surface area (Å²) >= 11 is 9.30. The van der Waals surface area contributed by atoms with Crippen LogP contribution in [0.25, 0.3) is 0 Å². The SMILES string of the molecule is Cc1c(Cl)cccc1Nc1nnc(SCc2cccnc2)s1. The largest absolute Gasteiger partial charge is 0.330 e. The van der Waals surface area contributed by atoms with Crippen molar-refractivity contribution in [1.29, 1.82) is 0 Å². The van der Waals surface area contributed by atoms with E-state index >= 15 is 0 Å². The van der Waals surface area contributed by atoms with Gasteiger partial charge in [-0.3, -0.25) is 4.98 Å². The Kier molecular flexibility index (Phi) is 4.92. The fourth-order valence-corrected chi connectivity index (χ4v) is 3.68. The number of nitrogens with zero attached hydrogens (tertiary/aromatic N) is 3. The minimum absolute atomic E-state index is 0.737. The summed E-state index contributed by atoms with van der Waals surface area (Å²) in [5, 5.41) is 13.1. The van der Waals surface area contributed by atoms with Gasteiger partial charge in [-0.25, -0.2) is 0 Å². The summed E-state index contributed by atoms with van der Waals surface area (Å²) in [6.07, 6.45) is 3.64. The van der Waals surface area contributed by atoms with E-state index in [9.17, 15) is 0 Å². The molecule has 0 bridgehead atoms. The summed E-state index contributed by atoms with van der Waals surface area (Å²) in [6.45, 7) is 1.98. The highest BCUT2D eigenvalue weighted by atomic mass is 35.5. The Morgan fingerprint density at radius 2 is 2.14 bits per heavy atom. The van der Waals surface area contributed by atoms with E-state index in [0.29, 0.717) is 0 Å². The molecule has 0 atom stereocenters. The van der Waals surface area contributed by atoms with Crippen LogP contribution < -0.4 is 5.32 Å². The Balaban J connectivity index is 1.65. The van der Waals surface area contributed by atoms with Gasteiger partial charge in [-0.05, 0) is 36.2 Å². The molecule has 2 heterocycles. The molecule has 3 rings (SSSR count). The maximum atomic E-state index is 6.12. The van der Waals surface area contributed by atoms with Gasteiger partial charge in [0.1, 0.15) is 0 Å². The highest BCUT2D eigenvalue weighted by Gasteiger charge is 2.08. The number of rotatable bonds is 5. The molecule has 1 N–H and O–H groups in total. The molecule has 3 aromatic rings. The van der Waals surface area contributed by atoms with Crippen molar-refractivity contribution in [3.05, 3.63) is 58.9 Å². The van der Waals surface area contributed by atoms with Gasteiger partial charge in [-0.1, -0.05) is 46.8 Å². The summed E-state index contributed by atoms with van der Waals surface area (Å²) in [6, 6.07) is 9.75. The number of benzene rings is 1. The van der Waals surface area contributed by atoms with Gasteiger partial charge in [0.05, 0.1) is 0 Å². The van der Waals surface area contributed by atoms with E-state index in [2.05, 4.69) is 26.6 Å². The molecular weight excluding hydrogens is 336 g/mol. The van der Waals surface area contributed by atoms with Crippen molar-refractivity contribution in [1.82, 2.24) is 15.2 Å². The summed E-state index contributed by atoms with van der Waals surface area (Å²) in [4.78, 5) is 4.11. The van der Waals surface area contributed by atoms with Crippen LogP contribution in [0.4, 0.5) is 10.8 Å². The fraction of sp³-hybridized carbons (Fsp3) is 0.133. The monoisotopic (exact) mass is 348 g/mol. The van der Waals surface area contributed by atoms with Gasteiger partial charge in [0.25, 0.3) is 0 Å². The van der Waals surface area contributed by atoms with Crippen LogP contribution >= 0.6 is 34.7 Å². The summed E-state index contributed by atoms with van der Waals surface area (Å²) in [7, 11) is 0. The molecule has 0 aliphatic carbocycles. The minimum atomic E-state index is 0.737. The molecule has 0 fully saturated rings. The Bertz CT molecular complexity index is 761. The quantitative estimate of drug-likeness (QED) is 0.662. The van der Waals surface area contributed by atoms with E-state index < -0.39 is 0 Å².